The van der Waals surface area contributed by atoms with Crippen LogP contribution in [0.25, 0.3) is 11.1 Å². The van der Waals surface area contributed by atoms with E-state index >= 15 is 0 Å². The SMILES string of the molecule is COCc1c(N(C)C)nc(C(C)C)c(CO)c1-c1ccc(F)cc1. The summed E-state index contributed by atoms with van der Waals surface area (Å²) in [5.41, 5.74) is 4.24. The molecule has 1 N–H and O–H groups in total. The van der Waals surface area contributed by atoms with Crippen LogP contribution in [0.1, 0.15) is 36.6 Å². The van der Waals surface area contributed by atoms with Gasteiger partial charge in [-0.25, -0.2) is 9.37 Å². The smallest absolute Gasteiger partial charge is 0.134 e. The van der Waals surface area contributed by atoms with Gasteiger partial charge in [0.1, 0.15) is 11.6 Å². The Hall–Kier alpha value is -1.98. The van der Waals surface area contributed by atoms with E-state index in [4.69, 9.17) is 9.72 Å². The fraction of sp³-hybridized carbons (Fsp3) is 0.421. The number of anilines is 1. The quantitative estimate of drug-likeness (QED) is 0.876. The number of aliphatic hydroxyl groups excluding tert-OH is 1. The highest BCUT2D eigenvalue weighted by molar-refractivity contribution is 5.76. The molecule has 1 heterocycles. The zero-order chi connectivity index (χ0) is 17.9. The second kappa shape index (κ2) is 7.73. The van der Waals surface area contributed by atoms with Gasteiger partial charge in [0.15, 0.2) is 0 Å². The van der Waals surface area contributed by atoms with Crippen molar-refractivity contribution in [2.24, 2.45) is 0 Å². The molecule has 2 rings (SSSR count). The Balaban J connectivity index is 2.86. The molecule has 1 aromatic heterocycles. The number of pyridine rings is 1. The van der Waals surface area contributed by atoms with E-state index in [0.29, 0.717) is 6.61 Å². The van der Waals surface area contributed by atoms with Crippen LogP contribution in [0.15, 0.2) is 24.3 Å². The van der Waals surface area contributed by atoms with Crippen LogP contribution in [0.3, 0.4) is 0 Å². The van der Waals surface area contributed by atoms with Crippen LogP contribution in [-0.4, -0.2) is 31.3 Å². The first kappa shape index (κ1) is 18.4. The van der Waals surface area contributed by atoms with Crippen LogP contribution < -0.4 is 4.90 Å². The third kappa shape index (κ3) is 3.57. The lowest BCUT2D eigenvalue weighted by Crippen LogP contribution is -2.18. The molecule has 0 aliphatic rings. The van der Waals surface area contributed by atoms with E-state index in [-0.39, 0.29) is 18.3 Å². The highest BCUT2D eigenvalue weighted by Gasteiger charge is 2.22. The number of aromatic nitrogens is 1. The second-order valence-electron chi connectivity index (χ2n) is 6.30. The predicted molar refractivity (Wildman–Crippen MR) is 94.7 cm³/mol. The molecular formula is C19H25FN2O2. The van der Waals surface area contributed by atoms with Crippen molar-refractivity contribution in [3.63, 3.8) is 0 Å². The normalized spacial score (nSPS) is 11.2. The molecule has 0 saturated carbocycles. The largest absolute Gasteiger partial charge is 0.392 e. The standard InChI is InChI=1S/C19H25FN2O2/c1-12(2)18-15(10-23)17(13-6-8-14(20)9-7-13)16(11-24-5)19(21-18)22(3)4/h6-9,12,23H,10-11H2,1-5H3. The van der Waals surface area contributed by atoms with E-state index in [1.807, 2.05) is 32.8 Å². The highest BCUT2D eigenvalue weighted by Crippen LogP contribution is 2.37. The molecule has 0 aliphatic carbocycles. The number of hydrogen-bond acceptors (Lipinski definition) is 4. The second-order valence-corrected chi connectivity index (χ2v) is 6.30. The summed E-state index contributed by atoms with van der Waals surface area (Å²) in [6.07, 6.45) is 0. The van der Waals surface area contributed by atoms with Crippen molar-refractivity contribution in [1.82, 2.24) is 4.98 Å². The number of ether oxygens (including phenoxy) is 1. The van der Waals surface area contributed by atoms with E-state index in [9.17, 15) is 9.50 Å². The first-order valence-electron chi connectivity index (χ1n) is 7.99. The van der Waals surface area contributed by atoms with Crippen LogP contribution in [-0.2, 0) is 18.0 Å². The predicted octanol–water partition coefficient (Wildman–Crippen LogP) is 3.72. The molecule has 130 valence electrons. The summed E-state index contributed by atoms with van der Waals surface area (Å²) in [7, 11) is 5.49. The Bertz CT molecular complexity index is 698. The topological polar surface area (TPSA) is 45.6 Å². The fourth-order valence-electron chi connectivity index (χ4n) is 2.92. The molecule has 2 aromatic rings. The summed E-state index contributed by atoms with van der Waals surface area (Å²) in [5, 5.41) is 10.0. The van der Waals surface area contributed by atoms with Crippen molar-refractivity contribution in [2.75, 3.05) is 26.1 Å². The number of methoxy groups -OCH3 is 1. The van der Waals surface area contributed by atoms with Gasteiger partial charge < -0.3 is 14.7 Å². The van der Waals surface area contributed by atoms with Gasteiger partial charge in [-0.3, -0.25) is 0 Å². The van der Waals surface area contributed by atoms with Crippen molar-refractivity contribution in [3.8, 4) is 11.1 Å². The number of aliphatic hydroxyl groups is 1. The first-order chi connectivity index (χ1) is 11.4. The molecule has 0 atom stereocenters. The molecule has 0 aliphatic heterocycles. The molecule has 5 heteroatoms. The maximum atomic E-state index is 13.4. The Morgan fingerprint density at radius 3 is 2.25 bits per heavy atom. The lowest BCUT2D eigenvalue weighted by Gasteiger charge is -2.25. The third-order valence-corrected chi connectivity index (χ3v) is 3.96. The molecule has 0 saturated heterocycles. The summed E-state index contributed by atoms with van der Waals surface area (Å²) in [6.45, 7) is 4.33. The zero-order valence-electron chi connectivity index (χ0n) is 14.9. The maximum absolute atomic E-state index is 13.4. The summed E-state index contributed by atoms with van der Waals surface area (Å²) in [5.74, 6) is 0.669. The molecular weight excluding hydrogens is 307 g/mol. The zero-order valence-corrected chi connectivity index (χ0v) is 14.9. The van der Waals surface area contributed by atoms with Gasteiger partial charge in [-0.05, 0) is 29.2 Å². The monoisotopic (exact) mass is 332 g/mol. The van der Waals surface area contributed by atoms with Gasteiger partial charge in [-0.15, -0.1) is 0 Å². The van der Waals surface area contributed by atoms with Crippen molar-refractivity contribution >= 4 is 5.82 Å². The van der Waals surface area contributed by atoms with E-state index in [0.717, 1.165) is 33.8 Å². The molecule has 0 spiro atoms. The molecule has 0 amide bonds. The van der Waals surface area contributed by atoms with Crippen molar-refractivity contribution in [3.05, 3.63) is 46.9 Å². The van der Waals surface area contributed by atoms with Gasteiger partial charge >= 0.3 is 0 Å². The average molecular weight is 332 g/mol. The molecule has 0 radical (unpaired) electrons. The van der Waals surface area contributed by atoms with Crippen LogP contribution in [0.2, 0.25) is 0 Å². The van der Waals surface area contributed by atoms with Crippen molar-refractivity contribution in [2.45, 2.75) is 33.0 Å². The lowest BCUT2D eigenvalue weighted by molar-refractivity contribution is 0.185. The van der Waals surface area contributed by atoms with Crippen molar-refractivity contribution < 1.29 is 14.2 Å². The van der Waals surface area contributed by atoms with E-state index in [1.165, 1.54) is 12.1 Å². The number of nitrogens with zero attached hydrogens (tertiary/aromatic N) is 2. The van der Waals surface area contributed by atoms with Gasteiger partial charge in [-0.2, -0.15) is 0 Å². The van der Waals surface area contributed by atoms with E-state index in [2.05, 4.69) is 0 Å². The number of rotatable bonds is 6. The highest BCUT2D eigenvalue weighted by atomic mass is 19.1. The fourth-order valence-corrected chi connectivity index (χ4v) is 2.92. The number of hydrogen-bond donors (Lipinski definition) is 1. The molecule has 4 nitrogen and oxygen atoms in total. The molecule has 1 aromatic carbocycles. The summed E-state index contributed by atoms with van der Waals surface area (Å²) in [4.78, 5) is 6.72. The Labute approximate surface area is 142 Å². The van der Waals surface area contributed by atoms with Gasteiger partial charge in [0.05, 0.1) is 18.9 Å². The van der Waals surface area contributed by atoms with E-state index in [1.54, 1.807) is 19.2 Å². The van der Waals surface area contributed by atoms with Gasteiger partial charge in [0.25, 0.3) is 0 Å². The maximum Gasteiger partial charge on any atom is 0.134 e. The molecule has 0 unspecified atom stereocenters. The van der Waals surface area contributed by atoms with Gasteiger partial charge in [0, 0.05) is 32.3 Å². The third-order valence-electron chi connectivity index (χ3n) is 3.96. The molecule has 0 bridgehead atoms. The van der Waals surface area contributed by atoms with Gasteiger partial charge in [0.2, 0.25) is 0 Å². The van der Waals surface area contributed by atoms with Crippen LogP contribution in [0.5, 0.6) is 0 Å². The van der Waals surface area contributed by atoms with Crippen molar-refractivity contribution in [1.29, 1.82) is 0 Å². The van der Waals surface area contributed by atoms with Crippen LogP contribution in [0.4, 0.5) is 10.2 Å². The van der Waals surface area contributed by atoms with Gasteiger partial charge in [-0.1, -0.05) is 26.0 Å². The summed E-state index contributed by atoms with van der Waals surface area (Å²) < 4.78 is 18.7. The van der Waals surface area contributed by atoms with Crippen LogP contribution in [0, 0.1) is 5.82 Å². The summed E-state index contributed by atoms with van der Waals surface area (Å²) >= 11 is 0. The minimum absolute atomic E-state index is 0.127. The number of benzene rings is 1. The Kier molecular flexibility index (Phi) is 5.91. The molecule has 0 fully saturated rings. The Morgan fingerprint density at radius 1 is 1.17 bits per heavy atom. The Morgan fingerprint density at radius 2 is 1.79 bits per heavy atom. The van der Waals surface area contributed by atoms with E-state index < -0.39 is 0 Å². The minimum atomic E-state index is -0.288. The minimum Gasteiger partial charge on any atom is -0.392 e. The number of halogens is 1. The summed E-state index contributed by atoms with van der Waals surface area (Å²) in [6, 6.07) is 6.31. The first-order valence-corrected chi connectivity index (χ1v) is 7.99. The average Bonchev–Trinajstić information content (AvgIpc) is 2.54. The van der Waals surface area contributed by atoms with Crippen LogP contribution >= 0.6 is 0 Å². The lowest BCUT2D eigenvalue weighted by atomic mass is 9.91. The molecule has 24 heavy (non-hydrogen) atoms.